The van der Waals surface area contributed by atoms with Crippen molar-refractivity contribution >= 4 is 29.0 Å². The predicted octanol–water partition coefficient (Wildman–Crippen LogP) is 2.90. The quantitative estimate of drug-likeness (QED) is 0.330. The van der Waals surface area contributed by atoms with Crippen molar-refractivity contribution in [3.63, 3.8) is 0 Å². The fraction of sp³-hybridized carbons (Fsp3) is 0.273. The molecule has 0 aliphatic carbocycles. The Balaban J connectivity index is 1.91. The lowest BCUT2D eigenvalue weighted by Crippen LogP contribution is -2.44. The van der Waals surface area contributed by atoms with Crippen molar-refractivity contribution < 1.29 is 14.5 Å². The van der Waals surface area contributed by atoms with E-state index < -0.39 is 10.8 Å². The molecule has 2 aromatic rings. The van der Waals surface area contributed by atoms with Gasteiger partial charge in [-0.05, 0) is 43.5 Å². The normalized spacial score (nSPS) is 14.6. The summed E-state index contributed by atoms with van der Waals surface area (Å²) in [6.45, 7) is 3.19. The molecule has 2 aromatic carbocycles. The number of nitriles is 1. The second-order valence-electron chi connectivity index (χ2n) is 7.14. The van der Waals surface area contributed by atoms with Crippen LogP contribution < -0.4 is 15.0 Å². The Morgan fingerprint density at radius 2 is 1.87 bits per heavy atom. The zero-order valence-corrected chi connectivity index (χ0v) is 17.4. The Hall–Kier alpha value is -3.90. The van der Waals surface area contributed by atoms with E-state index in [4.69, 9.17) is 4.74 Å². The van der Waals surface area contributed by atoms with Gasteiger partial charge in [0.05, 0.1) is 12.0 Å². The van der Waals surface area contributed by atoms with Crippen molar-refractivity contribution in [2.24, 2.45) is 0 Å². The number of benzene rings is 2. The summed E-state index contributed by atoms with van der Waals surface area (Å²) in [4.78, 5) is 27.7. The molecular weight excluding hydrogens is 398 g/mol. The fourth-order valence-corrected chi connectivity index (χ4v) is 3.28. The molecule has 9 heteroatoms. The van der Waals surface area contributed by atoms with Crippen molar-refractivity contribution in [1.82, 2.24) is 4.90 Å². The zero-order valence-electron chi connectivity index (χ0n) is 17.4. The predicted molar refractivity (Wildman–Crippen MR) is 118 cm³/mol. The van der Waals surface area contributed by atoms with Crippen LogP contribution in [0.15, 0.2) is 48.0 Å². The van der Waals surface area contributed by atoms with Gasteiger partial charge in [0.15, 0.2) is 0 Å². The number of rotatable bonds is 6. The van der Waals surface area contributed by atoms with Crippen LogP contribution in [-0.2, 0) is 4.79 Å². The number of nitro benzene ring substituents is 1. The highest BCUT2D eigenvalue weighted by Crippen LogP contribution is 2.29. The Bertz CT molecular complexity index is 1030. The molecule has 1 aliphatic rings. The number of carbonyl (C=O) groups excluding carboxylic acids is 1. The number of amides is 1. The van der Waals surface area contributed by atoms with Crippen LogP contribution in [0.5, 0.6) is 5.75 Å². The molecule has 1 aliphatic heterocycles. The first-order valence-corrected chi connectivity index (χ1v) is 9.70. The van der Waals surface area contributed by atoms with Gasteiger partial charge in [-0.1, -0.05) is 0 Å². The van der Waals surface area contributed by atoms with Gasteiger partial charge in [-0.2, -0.15) is 5.26 Å². The van der Waals surface area contributed by atoms with Gasteiger partial charge in [0.2, 0.25) is 0 Å². The van der Waals surface area contributed by atoms with Crippen molar-refractivity contribution in [1.29, 1.82) is 5.26 Å². The monoisotopic (exact) mass is 421 g/mol. The molecule has 0 radical (unpaired) electrons. The van der Waals surface area contributed by atoms with E-state index in [0.29, 0.717) is 17.0 Å². The third-order valence-corrected chi connectivity index (χ3v) is 5.08. The van der Waals surface area contributed by atoms with Crippen LogP contribution in [0, 0.1) is 21.4 Å². The lowest BCUT2D eigenvalue weighted by molar-refractivity contribution is -0.384. The van der Waals surface area contributed by atoms with Crippen LogP contribution >= 0.6 is 0 Å². The third kappa shape index (κ3) is 5.38. The molecule has 0 spiro atoms. The molecule has 31 heavy (non-hydrogen) atoms. The summed E-state index contributed by atoms with van der Waals surface area (Å²) in [6.07, 6.45) is 1.40. The number of nitrogens with zero attached hydrogens (tertiary/aromatic N) is 4. The molecule has 1 saturated heterocycles. The average Bonchev–Trinajstić information content (AvgIpc) is 2.78. The van der Waals surface area contributed by atoms with E-state index in [9.17, 15) is 20.2 Å². The maximum atomic E-state index is 12.7. The Kier molecular flexibility index (Phi) is 6.85. The number of methoxy groups -OCH3 is 1. The number of piperazine rings is 1. The Morgan fingerprint density at radius 3 is 2.45 bits per heavy atom. The molecule has 9 nitrogen and oxygen atoms in total. The second kappa shape index (κ2) is 9.73. The van der Waals surface area contributed by atoms with Gasteiger partial charge >= 0.3 is 0 Å². The SMILES string of the molecule is COc1ccc(NC(=O)/C(C#N)=C/c2cc([N+](=O)[O-])ccc2N2CCN(C)CC2)cc1. The average molecular weight is 421 g/mol. The van der Waals surface area contributed by atoms with E-state index >= 15 is 0 Å². The van der Waals surface area contributed by atoms with E-state index in [2.05, 4.69) is 15.1 Å². The number of carbonyl (C=O) groups is 1. The van der Waals surface area contributed by atoms with Crippen molar-refractivity contribution in [3.8, 4) is 11.8 Å². The van der Waals surface area contributed by atoms with Gasteiger partial charge in [0.1, 0.15) is 17.4 Å². The van der Waals surface area contributed by atoms with Crippen molar-refractivity contribution in [2.45, 2.75) is 0 Å². The Morgan fingerprint density at radius 1 is 1.19 bits per heavy atom. The molecular formula is C22H23N5O4. The summed E-state index contributed by atoms with van der Waals surface area (Å²) >= 11 is 0. The van der Waals surface area contributed by atoms with Gasteiger partial charge in [-0.15, -0.1) is 0 Å². The number of hydrogen-bond acceptors (Lipinski definition) is 7. The highest BCUT2D eigenvalue weighted by atomic mass is 16.6. The topological polar surface area (TPSA) is 112 Å². The molecule has 160 valence electrons. The van der Waals surface area contributed by atoms with E-state index in [1.165, 1.54) is 18.2 Å². The second-order valence-corrected chi connectivity index (χ2v) is 7.14. The molecule has 0 saturated carbocycles. The maximum absolute atomic E-state index is 12.7. The molecule has 1 amide bonds. The molecule has 0 aromatic heterocycles. The maximum Gasteiger partial charge on any atom is 0.270 e. The number of anilines is 2. The molecule has 1 fully saturated rings. The van der Waals surface area contributed by atoms with Gasteiger partial charge in [-0.25, -0.2) is 0 Å². The number of nitrogens with one attached hydrogen (secondary N) is 1. The van der Waals surface area contributed by atoms with E-state index in [0.717, 1.165) is 31.9 Å². The molecule has 1 heterocycles. The molecule has 3 rings (SSSR count). The van der Waals surface area contributed by atoms with Gasteiger partial charge in [0.25, 0.3) is 11.6 Å². The van der Waals surface area contributed by atoms with Crippen molar-refractivity contribution in [3.05, 3.63) is 63.7 Å². The lowest BCUT2D eigenvalue weighted by atomic mass is 10.1. The first-order chi connectivity index (χ1) is 14.9. The highest BCUT2D eigenvalue weighted by Gasteiger charge is 2.20. The van der Waals surface area contributed by atoms with Crippen LogP contribution in [0.4, 0.5) is 17.1 Å². The molecule has 0 unspecified atom stereocenters. The smallest absolute Gasteiger partial charge is 0.270 e. The van der Waals surface area contributed by atoms with Gasteiger partial charge < -0.3 is 19.9 Å². The Labute approximate surface area is 180 Å². The van der Waals surface area contributed by atoms with E-state index in [1.807, 2.05) is 13.1 Å². The number of nitro groups is 1. The first kappa shape index (κ1) is 21.8. The van der Waals surface area contributed by atoms with Crippen LogP contribution in [0.25, 0.3) is 6.08 Å². The molecule has 0 atom stereocenters. The molecule has 1 N–H and O–H groups in total. The van der Waals surface area contributed by atoms with Gasteiger partial charge in [0, 0.05) is 55.2 Å². The highest BCUT2D eigenvalue weighted by molar-refractivity contribution is 6.10. The number of likely N-dealkylation sites (N-methyl/N-ethyl adjacent to an activating group) is 1. The standard InChI is InChI=1S/C22H23N5O4/c1-25-9-11-26(12-10-25)21-8-5-19(27(29)30)14-16(21)13-17(15-23)22(28)24-18-3-6-20(31-2)7-4-18/h3-8,13-14H,9-12H2,1-2H3,(H,24,28)/b17-13+. The summed E-state index contributed by atoms with van der Waals surface area (Å²) in [5.74, 6) is 0.0472. The number of non-ortho nitro benzene ring substituents is 1. The summed E-state index contributed by atoms with van der Waals surface area (Å²) in [7, 11) is 3.58. The van der Waals surface area contributed by atoms with Crippen LogP contribution in [-0.4, -0.2) is 56.1 Å². The minimum absolute atomic E-state index is 0.100. The van der Waals surface area contributed by atoms with Crippen LogP contribution in [0.2, 0.25) is 0 Å². The minimum Gasteiger partial charge on any atom is -0.497 e. The summed E-state index contributed by atoms with van der Waals surface area (Å²) < 4.78 is 5.09. The summed E-state index contributed by atoms with van der Waals surface area (Å²) in [6, 6.07) is 13.1. The van der Waals surface area contributed by atoms with Gasteiger partial charge in [-0.3, -0.25) is 14.9 Å². The van der Waals surface area contributed by atoms with Crippen molar-refractivity contribution in [2.75, 3.05) is 50.6 Å². The van der Waals surface area contributed by atoms with Crippen LogP contribution in [0.3, 0.4) is 0 Å². The van der Waals surface area contributed by atoms with E-state index in [-0.39, 0.29) is 11.3 Å². The number of ether oxygens (including phenoxy) is 1. The molecule has 0 bridgehead atoms. The number of hydrogen-bond donors (Lipinski definition) is 1. The van der Waals surface area contributed by atoms with Crippen LogP contribution in [0.1, 0.15) is 5.56 Å². The third-order valence-electron chi connectivity index (χ3n) is 5.08. The van der Waals surface area contributed by atoms with E-state index in [1.54, 1.807) is 37.4 Å². The first-order valence-electron chi connectivity index (χ1n) is 9.70. The minimum atomic E-state index is -0.594. The summed E-state index contributed by atoms with van der Waals surface area (Å²) in [5, 5.41) is 23.5. The largest absolute Gasteiger partial charge is 0.497 e. The fourth-order valence-electron chi connectivity index (χ4n) is 3.28. The lowest BCUT2D eigenvalue weighted by Gasteiger charge is -2.34. The summed E-state index contributed by atoms with van der Waals surface area (Å²) in [5.41, 5.74) is 1.47. The zero-order chi connectivity index (χ0) is 22.4.